The predicted molar refractivity (Wildman–Crippen MR) is 70.3 cm³/mol. The van der Waals surface area contributed by atoms with Crippen LogP contribution in [0.15, 0.2) is 18.2 Å². The number of halogens is 1. The lowest BCUT2D eigenvalue weighted by Gasteiger charge is -2.11. The van der Waals surface area contributed by atoms with Gasteiger partial charge in [0.05, 0.1) is 26.3 Å². The Labute approximate surface area is 114 Å². The molecule has 0 aliphatic heterocycles. The highest BCUT2D eigenvalue weighted by Crippen LogP contribution is 2.20. The van der Waals surface area contributed by atoms with Gasteiger partial charge in [-0.3, -0.25) is 0 Å². The molecule has 0 atom stereocenters. The Hall–Kier alpha value is -0.860. The van der Waals surface area contributed by atoms with Crippen LogP contribution in [0.1, 0.15) is 10.4 Å². The summed E-state index contributed by atoms with van der Waals surface area (Å²) in [7, 11) is 4.02. The molecule has 5 nitrogen and oxygen atoms in total. The first-order valence-electron chi connectivity index (χ1n) is 4.98. The third-order valence-electron chi connectivity index (χ3n) is 1.81. The van der Waals surface area contributed by atoms with Crippen molar-refractivity contribution in [3.05, 3.63) is 27.3 Å². The molecule has 0 amide bonds. The van der Waals surface area contributed by atoms with E-state index in [4.69, 9.17) is 10.2 Å². The SMILES string of the molecule is C[NH+](C)CCO.O=C(O)c1cccc(I)c1[O-]. The van der Waals surface area contributed by atoms with Gasteiger partial charge in [-0.05, 0) is 34.7 Å². The molecule has 6 heteroatoms. The number of likely N-dealkylation sites (N-methyl/N-ethyl adjacent to an activating group) is 1. The van der Waals surface area contributed by atoms with Crippen LogP contribution in [-0.4, -0.2) is 43.4 Å². The number of hydrogen-bond acceptors (Lipinski definition) is 3. The van der Waals surface area contributed by atoms with Crippen molar-refractivity contribution < 1.29 is 25.0 Å². The molecule has 17 heavy (non-hydrogen) atoms. The molecule has 3 N–H and O–H groups in total. The van der Waals surface area contributed by atoms with Crippen molar-refractivity contribution in [3.63, 3.8) is 0 Å². The summed E-state index contributed by atoms with van der Waals surface area (Å²) in [5, 5.41) is 27.7. The minimum Gasteiger partial charge on any atom is -0.871 e. The van der Waals surface area contributed by atoms with E-state index in [0.717, 1.165) is 6.54 Å². The van der Waals surface area contributed by atoms with E-state index in [9.17, 15) is 9.90 Å². The molecule has 1 aromatic rings. The molecule has 0 fully saturated rings. The van der Waals surface area contributed by atoms with Crippen LogP contribution in [-0.2, 0) is 0 Å². The summed E-state index contributed by atoms with van der Waals surface area (Å²) in [6.07, 6.45) is 0. The highest BCUT2D eigenvalue weighted by molar-refractivity contribution is 14.1. The van der Waals surface area contributed by atoms with Crippen LogP contribution in [0.4, 0.5) is 0 Å². The monoisotopic (exact) mass is 353 g/mol. The van der Waals surface area contributed by atoms with Crippen LogP contribution >= 0.6 is 22.6 Å². The number of benzene rings is 1. The van der Waals surface area contributed by atoms with E-state index in [-0.39, 0.29) is 5.56 Å². The van der Waals surface area contributed by atoms with Crippen molar-refractivity contribution in [3.8, 4) is 5.75 Å². The quantitative estimate of drug-likeness (QED) is 0.621. The maximum absolute atomic E-state index is 11.0. The molecule has 1 rings (SSSR count). The van der Waals surface area contributed by atoms with Gasteiger partial charge in [0.2, 0.25) is 0 Å². The first-order valence-corrected chi connectivity index (χ1v) is 6.06. The average Bonchev–Trinajstić information content (AvgIpc) is 2.22. The lowest BCUT2D eigenvalue weighted by atomic mass is 10.2. The van der Waals surface area contributed by atoms with Gasteiger partial charge in [0, 0.05) is 3.57 Å². The molecule has 0 spiro atoms. The van der Waals surface area contributed by atoms with E-state index in [1.165, 1.54) is 11.0 Å². The molecule has 96 valence electrons. The average molecular weight is 353 g/mol. The van der Waals surface area contributed by atoms with Crippen molar-refractivity contribution in [2.24, 2.45) is 0 Å². The molecule has 1 aromatic carbocycles. The Kier molecular flexibility index (Phi) is 7.85. The standard InChI is InChI=1S/C7H5IO3.C4H11NO/c8-5-3-1-2-4(6(5)9)7(10)11;1-5(2)3-4-6/h1-3,9H,(H,10,11);6H,3-4H2,1-2H3. The number of nitrogens with one attached hydrogen (secondary N) is 1. The van der Waals surface area contributed by atoms with Crippen LogP contribution in [0.2, 0.25) is 0 Å². The maximum Gasteiger partial charge on any atom is 0.335 e. The third-order valence-corrected chi connectivity index (χ3v) is 2.66. The zero-order chi connectivity index (χ0) is 13.4. The van der Waals surface area contributed by atoms with Gasteiger partial charge >= 0.3 is 5.97 Å². The number of aliphatic hydroxyl groups is 1. The zero-order valence-corrected chi connectivity index (χ0v) is 11.9. The minimum absolute atomic E-state index is 0.170. The zero-order valence-electron chi connectivity index (χ0n) is 9.74. The minimum atomic E-state index is -1.17. The van der Waals surface area contributed by atoms with Crippen LogP contribution < -0.4 is 10.0 Å². The second kappa shape index (κ2) is 8.26. The number of aromatic carboxylic acids is 1. The molecule has 0 heterocycles. The summed E-state index contributed by atoms with van der Waals surface area (Å²) >= 11 is 1.81. The molecular formula is C11H16INO4. The summed E-state index contributed by atoms with van der Waals surface area (Å²) < 4.78 is 0.433. The fourth-order valence-electron chi connectivity index (χ4n) is 0.901. The van der Waals surface area contributed by atoms with Crippen LogP contribution in [0.5, 0.6) is 5.75 Å². The number of carboxylic acids is 1. The van der Waals surface area contributed by atoms with Crippen LogP contribution in [0, 0.1) is 3.57 Å². The summed E-state index contributed by atoms with van der Waals surface area (Å²) in [4.78, 5) is 11.7. The fraction of sp³-hybridized carbons (Fsp3) is 0.364. The second-order valence-electron chi connectivity index (χ2n) is 3.60. The molecule has 0 saturated carbocycles. The van der Waals surface area contributed by atoms with Crippen molar-refractivity contribution in [1.82, 2.24) is 0 Å². The largest absolute Gasteiger partial charge is 0.871 e. The predicted octanol–water partition coefficient (Wildman–Crippen LogP) is -0.814. The van der Waals surface area contributed by atoms with E-state index in [1.54, 1.807) is 12.1 Å². The molecule has 0 aliphatic rings. The molecule has 0 unspecified atom stereocenters. The Morgan fingerprint density at radius 1 is 1.47 bits per heavy atom. The van der Waals surface area contributed by atoms with E-state index in [0.29, 0.717) is 10.2 Å². The normalized spacial score (nSPS) is 9.71. The number of quaternary nitrogens is 1. The summed E-state index contributed by atoms with van der Waals surface area (Å²) in [6.45, 7) is 1.14. The maximum atomic E-state index is 11.0. The van der Waals surface area contributed by atoms with Crippen molar-refractivity contribution in [2.75, 3.05) is 27.2 Å². The van der Waals surface area contributed by atoms with Crippen LogP contribution in [0.3, 0.4) is 0 Å². The number of carbonyl (C=O) groups is 1. The smallest absolute Gasteiger partial charge is 0.335 e. The number of rotatable bonds is 3. The molecule has 0 radical (unpaired) electrons. The van der Waals surface area contributed by atoms with Gasteiger partial charge in [0.1, 0.15) is 6.54 Å². The van der Waals surface area contributed by atoms with Gasteiger partial charge in [0.15, 0.2) is 0 Å². The Morgan fingerprint density at radius 3 is 2.35 bits per heavy atom. The van der Waals surface area contributed by atoms with Crippen LogP contribution in [0.25, 0.3) is 0 Å². The Morgan fingerprint density at radius 2 is 2.06 bits per heavy atom. The van der Waals surface area contributed by atoms with Crippen molar-refractivity contribution in [2.45, 2.75) is 0 Å². The van der Waals surface area contributed by atoms with E-state index in [1.807, 2.05) is 36.7 Å². The van der Waals surface area contributed by atoms with E-state index < -0.39 is 11.7 Å². The van der Waals surface area contributed by atoms with Gasteiger partial charge in [0.25, 0.3) is 0 Å². The molecule has 0 aliphatic carbocycles. The van der Waals surface area contributed by atoms with Crippen molar-refractivity contribution in [1.29, 1.82) is 0 Å². The third kappa shape index (κ3) is 6.44. The second-order valence-corrected chi connectivity index (χ2v) is 4.76. The molecule has 0 aromatic heterocycles. The fourth-order valence-corrected chi connectivity index (χ4v) is 1.40. The first-order chi connectivity index (χ1) is 7.90. The van der Waals surface area contributed by atoms with E-state index in [2.05, 4.69) is 0 Å². The van der Waals surface area contributed by atoms with Gasteiger partial charge in [-0.15, -0.1) is 0 Å². The Bertz CT molecular complexity index is 368. The summed E-state index contributed by atoms with van der Waals surface area (Å²) in [5.74, 6) is -1.59. The molecule has 0 saturated heterocycles. The Balaban J connectivity index is 0.000000366. The number of aliphatic hydroxyl groups excluding tert-OH is 1. The summed E-state index contributed by atoms with van der Waals surface area (Å²) in [6, 6.07) is 4.43. The van der Waals surface area contributed by atoms with Gasteiger partial charge < -0.3 is 20.2 Å². The number of hydrogen-bond donors (Lipinski definition) is 3. The highest BCUT2D eigenvalue weighted by atomic mass is 127. The van der Waals surface area contributed by atoms with Gasteiger partial charge in [-0.25, -0.2) is 4.79 Å². The summed E-state index contributed by atoms with van der Waals surface area (Å²) in [5.41, 5.74) is -0.170. The highest BCUT2D eigenvalue weighted by Gasteiger charge is 2.03. The number of para-hydroxylation sites is 1. The lowest BCUT2D eigenvalue weighted by molar-refractivity contribution is -0.858. The number of carboxylic acid groups (broad SMARTS) is 1. The van der Waals surface area contributed by atoms with Crippen molar-refractivity contribution >= 4 is 28.6 Å². The lowest BCUT2D eigenvalue weighted by Crippen LogP contribution is -3.06. The topological polar surface area (TPSA) is 85.0 Å². The first kappa shape index (κ1) is 16.1. The van der Waals surface area contributed by atoms with E-state index >= 15 is 0 Å². The molecule has 0 bridgehead atoms. The van der Waals surface area contributed by atoms with Gasteiger partial charge in [-0.2, -0.15) is 0 Å². The molecular weight excluding hydrogens is 337 g/mol. The van der Waals surface area contributed by atoms with Gasteiger partial charge in [-0.1, -0.05) is 11.8 Å².